The van der Waals surface area contributed by atoms with E-state index in [0.29, 0.717) is 0 Å². The van der Waals surface area contributed by atoms with Gasteiger partial charge in [0.25, 0.3) is 0 Å². The van der Waals surface area contributed by atoms with Crippen LogP contribution in [0.4, 0.5) is 0 Å². The molecule has 0 saturated heterocycles. The van der Waals surface area contributed by atoms with Gasteiger partial charge in [-0.3, -0.25) is 9.59 Å². The molecule has 0 amide bonds. The average Bonchev–Trinajstić information content (AvgIpc) is 1.87. The SMILES string of the molecule is C[CH2][Al][CH2]C.O=C(O)CC(=O)O. The van der Waals surface area contributed by atoms with Crippen LogP contribution in [0.1, 0.15) is 20.3 Å². The second kappa shape index (κ2) is 10.5. The normalized spacial score (nSPS) is 7.83. The van der Waals surface area contributed by atoms with Gasteiger partial charge in [0.1, 0.15) is 6.42 Å². The van der Waals surface area contributed by atoms with Crippen molar-refractivity contribution < 1.29 is 19.8 Å². The molecule has 0 fully saturated rings. The maximum atomic E-state index is 9.43. The van der Waals surface area contributed by atoms with Gasteiger partial charge in [0.15, 0.2) is 15.2 Å². The zero-order valence-corrected chi connectivity index (χ0v) is 8.56. The topological polar surface area (TPSA) is 74.6 Å². The second-order valence-electron chi connectivity index (χ2n) is 2.07. The summed E-state index contributed by atoms with van der Waals surface area (Å²) in [6.45, 7) is 4.50. The lowest BCUT2D eigenvalue weighted by atomic mass is 10.5. The van der Waals surface area contributed by atoms with Crippen LogP contribution in [0.2, 0.25) is 10.6 Å². The highest BCUT2D eigenvalue weighted by atomic mass is 27.1. The Balaban J connectivity index is 0. The number of aliphatic carboxylic acids is 2. The van der Waals surface area contributed by atoms with E-state index >= 15 is 0 Å². The van der Waals surface area contributed by atoms with Crippen molar-refractivity contribution in [3.63, 3.8) is 0 Å². The predicted octanol–water partition coefficient (Wildman–Crippen LogP) is 1.11. The van der Waals surface area contributed by atoms with E-state index in [9.17, 15) is 9.59 Å². The Morgan fingerprint density at radius 1 is 1.08 bits per heavy atom. The fourth-order valence-electron chi connectivity index (χ4n) is 0.418. The van der Waals surface area contributed by atoms with Crippen molar-refractivity contribution in [1.29, 1.82) is 0 Å². The Labute approximate surface area is 78.3 Å². The summed E-state index contributed by atoms with van der Waals surface area (Å²) < 4.78 is 0. The van der Waals surface area contributed by atoms with E-state index in [1.165, 1.54) is 10.6 Å². The lowest BCUT2D eigenvalue weighted by molar-refractivity contribution is -0.147. The third-order valence-corrected chi connectivity index (χ3v) is 2.03. The first-order valence-electron chi connectivity index (χ1n) is 3.79. The molecule has 12 heavy (non-hydrogen) atoms. The fraction of sp³-hybridized carbons (Fsp3) is 0.714. The quantitative estimate of drug-likeness (QED) is 0.513. The minimum absolute atomic E-state index is 0.806. The maximum absolute atomic E-state index is 9.43. The summed E-state index contributed by atoms with van der Waals surface area (Å²) in [5.41, 5.74) is 0. The zero-order valence-electron chi connectivity index (χ0n) is 7.41. The summed E-state index contributed by atoms with van der Waals surface area (Å²) in [4.78, 5) is 18.9. The monoisotopic (exact) mass is 189 g/mol. The maximum Gasteiger partial charge on any atom is 0.314 e. The Bertz CT molecular complexity index is 121. The molecule has 0 atom stereocenters. The van der Waals surface area contributed by atoms with E-state index in [-0.39, 0.29) is 0 Å². The molecule has 5 heteroatoms. The number of carboxylic acid groups (broad SMARTS) is 2. The lowest BCUT2D eigenvalue weighted by Crippen LogP contribution is -2.03. The van der Waals surface area contributed by atoms with Crippen LogP contribution in [-0.2, 0) is 9.59 Å². The molecule has 0 aromatic carbocycles. The van der Waals surface area contributed by atoms with Crippen LogP contribution >= 0.6 is 0 Å². The van der Waals surface area contributed by atoms with Gasteiger partial charge in [0.2, 0.25) is 0 Å². The Hall–Kier alpha value is -0.528. The van der Waals surface area contributed by atoms with Crippen LogP contribution in [0.3, 0.4) is 0 Å². The number of hydrogen-bond acceptors (Lipinski definition) is 2. The molecule has 0 aliphatic carbocycles. The number of carbonyl (C=O) groups is 2. The molecule has 0 spiro atoms. The highest BCUT2D eigenvalue weighted by Gasteiger charge is 2.01. The molecule has 0 saturated carbocycles. The van der Waals surface area contributed by atoms with Crippen molar-refractivity contribution in [1.82, 2.24) is 0 Å². The largest absolute Gasteiger partial charge is 0.481 e. The highest BCUT2D eigenvalue weighted by Crippen LogP contribution is 1.77. The van der Waals surface area contributed by atoms with Crippen LogP contribution in [0.15, 0.2) is 0 Å². The smallest absolute Gasteiger partial charge is 0.314 e. The third kappa shape index (κ3) is 22.7. The lowest BCUT2D eigenvalue weighted by Gasteiger charge is -1.80. The molecule has 0 aliphatic rings. The molecule has 0 unspecified atom stereocenters. The minimum Gasteiger partial charge on any atom is -0.481 e. The van der Waals surface area contributed by atoms with Crippen LogP contribution in [0.5, 0.6) is 0 Å². The molecule has 4 nitrogen and oxygen atoms in total. The van der Waals surface area contributed by atoms with E-state index < -0.39 is 18.4 Å². The Kier molecular flexibility index (Phi) is 12.2. The minimum atomic E-state index is -1.31. The van der Waals surface area contributed by atoms with E-state index in [2.05, 4.69) is 13.8 Å². The van der Waals surface area contributed by atoms with Crippen molar-refractivity contribution in [2.45, 2.75) is 30.8 Å². The molecule has 0 aromatic heterocycles. The van der Waals surface area contributed by atoms with Crippen molar-refractivity contribution in [3.8, 4) is 0 Å². The molecular formula is C7H14AlO4. The van der Waals surface area contributed by atoms with Gasteiger partial charge in [0, 0.05) is 0 Å². The van der Waals surface area contributed by atoms with Crippen LogP contribution < -0.4 is 0 Å². The summed E-state index contributed by atoms with van der Waals surface area (Å²) in [5.74, 6) is -2.62. The third-order valence-electron chi connectivity index (χ3n) is 0.880. The van der Waals surface area contributed by atoms with Gasteiger partial charge >= 0.3 is 11.9 Å². The molecular weight excluding hydrogens is 175 g/mol. The summed E-state index contributed by atoms with van der Waals surface area (Å²) in [7, 11) is 0. The summed E-state index contributed by atoms with van der Waals surface area (Å²) in [6, 6.07) is 0. The van der Waals surface area contributed by atoms with Crippen LogP contribution in [0.25, 0.3) is 0 Å². The van der Waals surface area contributed by atoms with Crippen molar-refractivity contribution >= 4 is 27.2 Å². The Morgan fingerprint density at radius 2 is 1.42 bits per heavy atom. The molecule has 0 bridgehead atoms. The number of rotatable bonds is 4. The molecule has 0 heterocycles. The van der Waals surface area contributed by atoms with E-state index in [4.69, 9.17) is 10.2 Å². The summed E-state index contributed by atoms with van der Waals surface area (Å²) >= 11 is 0.815. The molecule has 1 radical (unpaired) electrons. The van der Waals surface area contributed by atoms with Gasteiger partial charge in [-0.05, 0) is 0 Å². The molecule has 0 rings (SSSR count). The molecule has 0 aromatic rings. The predicted molar refractivity (Wildman–Crippen MR) is 46.6 cm³/mol. The van der Waals surface area contributed by atoms with Gasteiger partial charge in [0.05, 0.1) is 0 Å². The van der Waals surface area contributed by atoms with Gasteiger partial charge in [-0.15, -0.1) is 10.6 Å². The summed E-state index contributed by atoms with van der Waals surface area (Å²) in [6.07, 6.45) is -0.806. The molecule has 69 valence electrons. The zero-order chi connectivity index (χ0) is 9.98. The van der Waals surface area contributed by atoms with Crippen molar-refractivity contribution in [3.05, 3.63) is 0 Å². The number of hydrogen-bond donors (Lipinski definition) is 2. The number of carboxylic acids is 2. The van der Waals surface area contributed by atoms with E-state index in [1.807, 2.05) is 0 Å². The second-order valence-corrected chi connectivity index (χ2v) is 4.28. The fourth-order valence-corrected chi connectivity index (χ4v) is 0.995. The Morgan fingerprint density at radius 3 is 1.42 bits per heavy atom. The van der Waals surface area contributed by atoms with Gasteiger partial charge in [-0.2, -0.15) is 0 Å². The van der Waals surface area contributed by atoms with Gasteiger partial charge < -0.3 is 10.2 Å². The van der Waals surface area contributed by atoms with E-state index in [0.717, 1.165) is 15.2 Å². The van der Waals surface area contributed by atoms with Gasteiger partial charge in [-0.1, -0.05) is 13.8 Å². The standard InChI is InChI=1S/C3H4O4.2C2H5.Al/c4-2(5)1-3(6)7;2*1-2;/h1H2,(H,4,5)(H,6,7);2*1H2,2H3;. The average molecular weight is 189 g/mol. The first-order valence-corrected chi connectivity index (χ1v) is 5.43. The molecule has 2 N–H and O–H groups in total. The van der Waals surface area contributed by atoms with E-state index in [1.54, 1.807) is 0 Å². The first kappa shape index (κ1) is 14.0. The highest BCUT2D eigenvalue weighted by molar-refractivity contribution is 6.34. The van der Waals surface area contributed by atoms with Crippen molar-refractivity contribution in [2.75, 3.05) is 0 Å². The summed E-state index contributed by atoms with van der Waals surface area (Å²) in [5, 5.41) is 18.3. The first-order chi connectivity index (χ1) is 5.54. The molecule has 0 aliphatic heterocycles. The van der Waals surface area contributed by atoms with Crippen LogP contribution in [0, 0.1) is 0 Å². The van der Waals surface area contributed by atoms with Crippen LogP contribution in [-0.4, -0.2) is 37.4 Å². The van der Waals surface area contributed by atoms with Crippen molar-refractivity contribution in [2.24, 2.45) is 0 Å². The van der Waals surface area contributed by atoms with Gasteiger partial charge in [-0.25, -0.2) is 0 Å².